The second kappa shape index (κ2) is 19.3. The van der Waals surface area contributed by atoms with Crippen LogP contribution in [0.3, 0.4) is 0 Å². The fourth-order valence-corrected chi connectivity index (χ4v) is 5.93. The van der Waals surface area contributed by atoms with E-state index < -0.39 is 36.1 Å². The number of ether oxygens (including phenoxy) is 1. The fourth-order valence-electron chi connectivity index (χ4n) is 5.59. The largest absolute Gasteiger partial charge is 0.480 e. The number of likely N-dealkylation sites (N-methyl/N-ethyl adjacent to an activating group) is 1. The van der Waals surface area contributed by atoms with Crippen molar-refractivity contribution in [2.75, 3.05) is 7.05 Å². The number of nitrogens with one attached hydrogen (secondary N) is 2. The van der Waals surface area contributed by atoms with Gasteiger partial charge in [-0.15, -0.1) is 0 Å². The van der Waals surface area contributed by atoms with E-state index in [1.165, 1.54) is 6.07 Å². The van der Waals surface area contributed by atoms with Crippen molar-refractivity contribution in [1.29, 1.82) is 0 Å². The number of halogens is 4. The van der Waals surface area contributed by atoms with Crippen molar-refractivity contribution in [1.82, 2.24) is 10.6 Å². The Balaban J connectivity index is 0.000000245. The van der Waals surface area contributed by atoms with E-state index in [0.29, 0.717) is 17.5 Å². The summed E-state index contributed by atoms with van der Waals surface area (Å²) in [5.41, 5.74) is 15.2. The van der Waals surface area contributed by atoms with E-state index >= 15 is 0 Å². The number of carbonyl (C=O) groups excluding carboxylic acids is 4. The SMILES string of the molecule is CC(Oc1ccc(C(N)=O)c(C(Cc2ccccc2)C(N)=O)c1Cl)C(F)(F)F.CNC(=O)C(Cc1ccc(-c2ccccc2)cc1)NC(=O)c1ccccc1. The molecule has 13 heteroatoms. The van der Waals surface area contributed by atoms with Gasteiger partial charge in [0, 0.05) is 24.6 Å². The maximum Gasteiger partial charge on any atom is 0.425 e. The Bertz CT molecular complexity index is 2070. The fraction of sp³-hybridized carbons (Fsp3) is 0.190. The van der Waals surface area contributed by atoms with Gasteiger partial charge >= 0.3 is 6.18 Å². The minimum absolute atomic E-state index is 0.0580. The smallest absolute Gasteiger partial charge is 0.425 e. The maximum atomic E-state index is 12.8. The first-order valence-electron chi connectivity index (χ1n) is 17.1. The predicted octanol–water partition coefficient (Wildman–Crippen LogP) is 7.02. The third-order valence-corrected chi connectivity index (χ3v) is 8.94. The van der Waals surface area contributed by atoms with Crippen molar-refractivity contribution in [3.8, 4) is 16.9 Å². The molecule has 0 aliphatic heterocycles. The first kappa shape index (κ1) is 41.6. The molecule has 0 fully saturated rings. The van der Waals surface area contributed by atoms with Crippen LogP contribution in [0.15, 0.2) is 127 Å². The van der Waals surface area contributed by atoms with Crippen LogP contribution in [-0.2, 0) is 22.4 Å². The van der Waals surface area contributed by atoms with Crippen LogP contribution >= 0.6 is 11.6 Å². The molecule has 0 spiro atoms. The van der Waals surface area contributed by atoms with Gasteiger partial charge in [-0.3, -0.25) is 19.2 Å². The Hall–Kier alpha value is -6.14. The number of alkyl halides is 3. The van der Waals surface area contributed by atoms with E-state index in [-0.39, 0.29) is 40.1 Å². The van der Waals surface area contributed by atoms with E-state index in [2.05, 4.69) is 22.8 Å². The molecular weight excluding hydrogens is 733 g/mol. The molecule has 5 aromatic rings. The van der Waals surface area contributed by atoms with E-state index in [4.69, 9.17) is 27.8 Å². The molecule has 9 nitrogen and oxygen atoms in total. The molecule has 3 atom stereocenters. The number of hydrogen-bond acceptors (Lipinski definition) is 5. The number of amides is 4. The molecule has 0 saturated heterocycles. The Morgan fingerprint density at radius 3 is 1.78 bits per heavy atom. The first-order valence-corrected chi connectivity index (χ1v) is 17.5. The number of hydrogen-bond donors (Lipinski definition) is 4. The zero-order valence-corrected chi connectivity index (χ0v) is 30.7. The predicted molar refractivity (Wildman–Crippen MR) is 206 cm³/mol. The lowest BCUT2D eigenvalue weighted by Gasteiger charge is -2.23. The van der Waals surface area contributed by atoms with Crippen molar-refractivity contribution in [3.63, 3.8) is 0 Å². The van der Waals surface area contributed by atoms with Crippen molar-refractivity contribution >= 4 is 35.2 Å². The Labute approximate surface area is 321 Å². The van der Waals surface area contributed by atoms with E-state index in [1.54, 1.807) is 61.6 Å². The van der Waals surface area contributed by atoms with Gasteiger partial charge in [0.05, 0.1) is 10.9 Å². The molecule has 0 aliphatic rings. The highest BCUT2D eigenvalue weighted by Gasteiger charge is 2.39. The molecule has 5 aromatic carbocycles. The summed E-state index contributed by atoms with van der Waals surface area (Å²) in [6.45, 7) is 0.813. The van der Waals surface area contributed by atoms with Gasteiger partial charge in [-0.05, 0) is 65.4 Å². The van der Waals surface area contributed by atoms with Gasteiger partial charge in [0.2, 0.25) is 17.7 Å². The van der Waals surface area contributed by atoms with E-state index in [1.807, 2.05) is 48.5 Å². The van der Waals surface area contributed by atoms with Gasteiger partial charge in [-0.2, -0.15) is 13.2 Å². The Morgan fingerprint density at radius 1 is 0.727 bits per heavy atom. The second-order valence-electron chi connectivity index (χ2n) is 12.4. The highest BCUT2D eigenvalue weighted by Crippen LogP contribution is 2.39. The lowest BCUT2D eigenvalue weighted by atomic mass is 9.87. The molecule has 0 radical (unpaired) electrons. The minimum Gasteiger partial charge on any atom is -0.480 e. The monoisotopic (exact) mass is 772 g/mol. The molecule has 5 rings (SSSR count). The normalized spacial score (nSPS) is 12.5. The molecular formula is C42H40ClF3N4O5. The number of nitrogens with two attached hydrogens (primary N) is 2. The lowest BCUT2D eigenvalue weighted by molar-refractivity contribution is -0.189. The molecule has 0 aliphatic carbocycles. The van der Waals surface area contributed by atoms with Crippen LogP contribution in [0.5, 0.6) is 5.75 Å². The average Bonchev–Trinajstić information content (AvgIpc) is 3.18. The minimum atomic E-state index is -4.63. The Morgan fingerprint density at radius 2 is 1.25 bits per heavy atom. The zero-order chi connectivity index (χ0) is 40.1. The molecule has 55 heavy (non-hydrogen) atoms. The van der Waals surface area contributed by atoms with Crippen LogP contribution in [0, 0.1) is 0 Å². The van der Waals surface area contributed by atoms with Gasteiger partial charge in [-0.25, -0.2) is 0 Å². The summed E-state index contributed by atoms with van der Waals surface area (Å²) >= 11 is 6.25. The van der Waals surface area contributed by atoms with Crippen molar-refractivity contribution in [3.05, 3.63) is 160 Å². The molecule has 286 valence electrons. The van der Waals surface area contributed by atoms with Crippen LogP contribution in [0.4, 0.5) is 13.2 Å². The van der Waals surface area contributed by atoms with Gasteiger partial charge in [0.25, 0.3) is 5.91 Å². The van der Waals surface area contributed by atoms with Crippen LogP contribution in [0.1, 0.15) is 50.2 Å². The summed E-state index contributed by atoms with van der Waals surface area (Å²) in [5.74, 6) is -3.61. The van der Waals surface area contributed by atoms with Gasteiger partial charge in [-0.1, -0.05) is 115 Å². The van der Waals surface area contributed by atoms with Gasteiger partial charge in [0.1, 0.15) is 11.8 Å². The molecule has 0 aromatic heterocycles. The average molecular weight is 773 g/mol. The lowest BCUT2D eigenvalue weighted by Crippen LogP contribution is -2.47. The van der Waals surface area contributed by atoms with Gasteiger partial charge < -0.3 is 26.8 Å². The number of primary amides is 2. The van der Waals surface area contributed by atoms with Crippen molar-refractivity contribution in [2.45, 2.75) is 44.0 Å². The first-order chi connectivity index (χ1) is 26.2. The third kappa shape index (κ3) is 11.7. The highest BCUT2D eigenvalue weighted by atomic mass is 35.5. The van der Waals surface area contributed by atoms with Crippen LogP contribution in [0.25, 0.3) is 11.1 Å². The van der Waals surface area contributed by atoms with Crippen molar-refractivity contribution in [2.24, 2.45) is 11.5 Å². The molecule has 0 saturated carbocycles. The summed E-state index contributed by atoms with van der Waals surface area (Å²) in [4.78, 5) is 48.6. The van der Waals surface area contributed by atoms with Gasteiger partial charge in [0.15, 0.2) is 6.10 Å². The van der Waals surface area contributed by atoms with Crippen LogP contribution in [0.2, 0.25) is 5.02 Å². The van der Waals surface area contributed by atoms with Crippen LogP contribution in [-0.4, -0.2) is 49.0 Å². The molecule has 6 N–H and O–H groups in total. The van der Waals surface area contributed by atoms with Crippen LogP contribution < -0.4 is 26.8 Å². The number of rotatable bonds is 13. The summed E-state index contributed by atoms with van der Waals surface area (Å²) in [5, 5.41) is 5.14. The summed E-state index contributed by atoms with van der Waals surface area (Å²) in [6.07, 6.45) is -6.28. The maximum absolute atomic E-state index is 12.8. The highest BCUT2D eigenvalue weighted by molar-refractivity contribution is 6.33. The van der Waals surface area contributed by atoms with E-state index in [0.717, 1.165) is 29.7 Å². The summed E-state index contributed by atoms with van der Waals surface area (Å²) < 4.78 is 43.4. The zero-order valence-electron chi connectivity index (χ0n) is 30.0. The summed E-state index contributed by atoms with van der Waals surface area (Å²) in [7, 11) is 1.57. The third-order valence-electron chi connectivity index (χ3n) is 8.55. The molecule has 0 bridgehead atoms. The summed E-state index contributed by atoms with van der Waals surface area (Å²) in [6, 6.07) is 37.4. The topological polar surface area (TPSA) is 154 Å². The second-order valence-corrected chi connectivity index (χ2v) is 12.8. The van der Waals surface area contributed by atoms with Crippen molar-refractivity contribution < 1.29 is 37.1 Å². The number of carbonyl (C=O) groups is 4. The molecule has 4 amide bonds. The number of benzene rings is 5. The van der Waals surface area contributed by atoms with E-state index in [9.17, 15) is 32.3 Å². The molecule has 0 heterocycles. The Kier molecular flexibility index (Phi) is 14.6. The standard InChI is InChI=1S/C23H22N2O2.C19H18ClF3N2O3/c1-24-23(27)21(25-22(26)20-10-6-3-7-11-20)16-17-12-14-19(15-13-17)18-8-4-2-5-9-18;1-10(19(21,22)23)28-14-8-7-12(17(24)26)15(16(14)20)13(18(25)27)9-11-5-3-2-4-6-11/h2-15,21H,16H2,1H3,(H,24,27)(H,25,26);2-8,10,13H,9H2,1H3,(H2,24,26)(H2,25,27). The molecule has 3 unspecified atom stereocenters. The quantitative estimate of drug-likeness (QED) is 0.101.